The quantitative estimate of drug-likeness (QED) is 0.614. The summed E-state index contributed by atoms with van der Waals surface area (Å²) in [5.41, 5.74) is 4.04. The molecule has 2 amide bonds. The normalized spacial score (nSPS) is 14.0. The average Bonchev–Trinajstić information content (AvgIpc) is 3.37. The van der Waals surface area contributed by atoms with Gasteiger partial charge in [0.05, 0.1) is 17.8 Å². The molecule has 2 heterocycles. The van der Waals surface area contributed by atoms with E-state index in [0.717, 1.165) is 34.4 Å². The zero-order valence-corrected chi connectivity index (χ0v) is 17.6. The van der Waals surface area contributed by atoms with E-state index in [0.29, 0.717) is 25.3 Å². The molecule has 8 nitrogen and oxygen atoms in total. The molecule has 0 saturated carbocycles. The summed E-state index contributed by atoms with van der Waals surface area (Å²) in [6.45, 7) is 2.35. The van der Waals surface area contributed by atoms with Gasteiger partial charge in [0.25, 0.3) is 5.91 Å². The molecule has 0 unspecified atom stereocenters. The van der Waals surface area contributed by atoms with Gasteiger partial charge in [-0.2, -0.15) is 5.10 Å². The van der Waals surface area contributed by atoms with Gasteiger partial charge < -0.3 is 15.0 Å². The van der Waals surface area contributed by atoms with Crippen LogP contribution in [0.3, 0.4) is 0 Å². The molecule has 1 aromatic heterocycles. The van der Waals surface area contributed by atoms with Crippen LogP contribution in [0.2, 0.25) is 0 Å². The van der Waals surface area contributed by atoms with Crippen LogP contribution in [0.25, 0.3) is 23.1 Å². The fourth-order valence-electron chi connectivity index (χ4n) is 3.36. The van der Waals surface area contributed by atoms with E-state index in [1.807, 2.05) is 73.6 Å². The molecule has 2 N–H and O–H groups in total. The van der Waals surface area contributed by atoms with Gasteiger partial charge in [-0.25, -0.2) is 4.79 Å². The van der Waals surface area contributed by atoms with E-state index in [-0.39, 0.29) is 12.0 Å². The van der Waals surface area contributed by atoms with Gasteiger partial charge in [-0.15, -0.1) is 0 Å². The monoisotopic (exact) mass is 419 g/mol. The van der Waals surface area contributed by atoms with Gasteiger partial charge in [0.1, 0.15) is 6.61 Å². The van der Waals surface area contributed by atoms with Crippen molar-refractivity contribution in [2.75, 3.05) is 45.2 Å². The van der Waals surface area contributed by atoms with E-state index in [4.69, 9.17) is 4.74 Å². The van der Waals surface area contributed by atoms with Crippen molar-refractivity contribution in [3.05, 3.63) is 59.3 Å². The molecule has 4 rings (SSSR count). The first-order chi connectivity index (χ1) is 15.0. The van der Waals surface area contributed by atoms with Gasteiger partial charge in [0, 0.05) is 29.7 Å². The number of nitrogens with one attached hydrogen (secondary N) is 2. The lowest BCUT2D eigenvalue weighted by Crippen LogP contribution is -2.31. The maximum absolute atomic E-state index is 12.2. The first kappa shape index (κ1) is 20.6. The fourth-order valence-corrected chi connectivity index (χ4v) is 3.36. The van der Waals surface area contributed by atoms with Gasteiger partial charge in [-0.05, 0) is 56.1 Å². The third-order valence-corrected chi connectivity index (χ3v) is 5.10. The summed E-state index contributed by atoms with van der Waals surface area (Å²) in [7, 11) is 3.94. The van der Waals surface area contributed by atoms with E-state index in [9.17, 15) is 9.59 Å². The predicted octanol–water partition coefficient (Wildman–Crippen LogP) is 2.98. The largest absolute Gasteiger partial charge is 0.447 e. The molecule has 1 aliphatic rings. The van der Waals surface area contributed by atoms with Crippen LogP contribution in [0.4, 0.5) is 10.5 Å². The third kappa shape index (κ3) is 4.75. The van der Waals surface area contributed by atoms with Crippen LogP contribution in [0.15, 0.2) is 42.5 Å². The van der Waals surface area contributed by atoms with Crippen molar-refractivity contribution < 1.29 is 14.3 Å². The number of amides is 2. The fraction of sp³-hybridized carbons (Fsp3) is 0.261. The van der Waals surface area contributed by atoms with E-state index in [1.165, 1.54) is 0 Å². The number of rotatable bonds is 7. The van der Waals surface area contributed by atoms with Gasteiger partial charge in [-0.3, -0.25) is 14.8 Å². The Morgan fingerprint density at radius 3 is 2.74 bits per heavy atom. The van der Waals surface area contributed by atoms with E-state index < -0.39 is 0 Å². The highest BCUT2D eigenvalue weighted by Gasteiger charge is 2.24. The summed E-state index contributed by atoms with van der Waals surface area (Å²) in [5, 5.41) is 11.2. The van der Waals surface area contributed by atoms with Crippen molar-refractivity contribution in [2.24, 2.45) is 0 Å². The van der Waals surface area contributed by atoms with Crippen LogP contribution in [0, 0.1) is 0 Å². The number of cyclic esters (lactones) is 1. The zero-order valence-electron chi connectivity index (χ0n) is 17.6. The Kier molecular flexibility index (Phi) is 5.99. The number of hydrogen-bond donors (Lipinski definition) is 2. The van der Waals surface area contributed by atoms with E-state index in [1.54, 1.807) is 4.90 Å². The second-order valence-corrected chi connectivity index (χ2v) is 7.62. The summed E-state index contributed by atoms with van der Waals surface area (Å²) in [4.78, 5) is 27.7. The molecular formula is C23H25N5O3. The average molecular weight is 419 g/mol. The number of ether oxygens (including phenoxy) is 1. The van der Waals surface area contributed by atoms with E-state index >= 15 is 0 Å². The molecule has 0 spiro atoms. The number of benzene rings is 2. The Hall–Kier alpha value is -3.65. The first-order valence-electron chi connectivity index (χ1n) is 10.1. The minimum absolute atomic E-state index is 0.0800. The first-order valence-corrected chi connectivity index (χ1v) is 10.1. The summed E-state index contributed by atoms with van der Waals surface area (Å²) in [6, 6.07) is 13.1. The van der Waals surface area contributed by atoms with Gasteiger partial charge >= 0.3 is 6.09 Å². The summed E-state index contributed by atoms with van der Waals surface area (Å²) < 4.78 is 5.03. The number of carbonyl (C=O) groups is 2. The molecular weight excluding hydrogens is 394 g/mol. The molecule has 0 aliphatic carbocycles. The molecule has 0 bridgehead atoms. The van der Waals surface area contributed by atoms with Gasteiger partial charge in [-0.1, -0.05) is 18.2 Å². The van der Waals surface area contributed by atoms with Gasteiger partial charge in [0.15, 0.2) is 0 Å². The lowest BCUT2D eigenvalue weighted by Gasteiger charge is -2.12. The number of anilines is 1. The van der Waals surface area contributed by atoms with Crippen molar-refractivity contribution in [3.8, 4) is 0 Å². The SMILES string of the molecule is CN(C)CCNC(=O)c1ccc(/C=C/c2n[nH]c3ccc(N4CCOC4=O)cc23)cc1. The highest BCUT2D eigenvalue weighted by molar-refractivity contribution is 5.96. The van der Waals surface area contributed by atoms with Crippen LogP contribution < -0.4 is 10.2 Å². The molecule has 8 heteroatoms. The minimum atomic E-state index is -0.328. The van der Waals surface area contributed by atoms with Crippen LogP contribution >= 0.6 is 0 Å². The lowest BCUT2D eigenvalue weighted by atomic mass is 10.1. The lowest BCUT2D eigenvalue weighted by molar-refractivity contribution is 0.0951. The smallest absolute Gasteiger partial charge is 0.414 e. The second kappa shape index (κ2) is 9.01. The molecule has 1 aliphatic heterocycles. The number of hydrogen-bond acceptors (Lipinski definition) is 5. The molecule has 160 valence electrons. The Labute approximate surface area is 180 Å². The third-order valence-electron chi connectivity index (χ3n) is 5.10. The Balaban J connectivity index is 1.47. The highest BCUT2D eigenvalue weighted by Crippen LogP contribution is 2.26. The molecule has 31 heavy (non-hydrogen) atoms. The van der Waals surface area contributed by atoms with Gasteiger partial charge in [0.2, 0.25) is 0 Å². The van der Waals surface area contributed by atoms with E-state index in [2.05, 4.69) is 15.5 Å². The van der Waals surface area contributed by atoms with Crippen molar-refractivity contribution in [1.29, 1.82) is 0 Å². The minimum Gasteiger partial charge on any atom is -0.447 e. The number of nitrogens with zero attached hydrogens (tertiary/aromatic N) is 3. The molecule has 0 atom stereocenters. The number of fused-ring (bicyclic) bond motifs is 1. The number of likely N-dealkylation sites (N-methyl/N-ethyl adjacent to an activating group) is 1. The number of carbonyl (C=O) groups excluding carboxylic acids is 2. The maximum atomic E-state index is 12.2. The van der Waals surface area contributed by atoms with Crippen LogP contribution in [0.5, 0.6) is 0 Å². The standard InChI is InChI=1S/C23H25N5O3/c1-27(2)12-11-24-22(29)17-6-3-16(4-7-17)5-9-20-19-15-18(8-10-21(19)26-25-20)28-13-14-31-23(28)30/h3-10,15H,11-14H2,1-2H3,(H,24,29)(H,25,26)/b9-5+. The van der Waals surface area contributed by atoms with Crippen LogP contribution in [0.1, 0.15) is 21.6 Å². The number of H-pyrrole nitrogens is 1. The number of aromatic nitrogens is 2. The molecule has 1 saturated heterocycles. The van der Waals surface area contributed by atoms with Crippen molar-refractivity contribution >= 4 is 40.7 Å². The Morgan fingerprint density at radius 2 is 2.03 bits per heavy atom. The summed E-state index contributed by atoms with van der Waals surface area (Å²) in [5.74, 6) is -0.0800. The van der Waals surface area contributed by atoms with Crippen LogP contribution in [-0.2, 0) is 4.74 Å². The summed E-state index contributed by atoms with van der Waals surface area (Å²) >= 11 is 0. The topological polar surface area (TPSA) is 90.6 Å². The summed E-state index contributed by atoms with van der Waals surface area (Å²) in [6.07, 6.45) is 3.53. The molecule has 2 aromatic carbocycles. The van der Waals surface area contributed by atoms with Crippen molar-refractivity contribution in [1.82, 2.24) is 20.4 Å². The van der Waals surface area contributed by atoms with Crippen molar-refractivity contribution in [3.63, 3.8) is 0 Å². The Morgan fingerprint density at radius 1 is 1.23 bits per heavy atom. The zero-order chi connectivity index (χ0) is 21.8. The molecule has 3 aromatic rings. The highest BCUT2D eigenvalue weighted by atomic mass is 16.6. The Bertz CT molecular complexity index is 1120. The maximum Gasteiger partial charge on any atom is 0.414 e. The molecule has 0 radical (unpaired) electrons. The predicted molar refractivity (Wildman–Crippen MR) is 121 cm³/mol. The number of aromatic amines is 1. The second-order valence-electron chi connectivity index (χ2n) is 7.62. The van der Waals surface area contributed by atoms with Crippen LogP contribution in [-0.4, -0.2) is 67.4 Å². The molecule has 1 fully saturated rings. The van der Waals surface area contributed by atoms with Crippen molar-refractivity contribution in [2.45, 2.75) is 0 Å².